The molecule has 7 heteroatoms. The van der Waals surface area contributed by atoms with E-state index in [1.54, 1.807) is 36.4 Å². The molecule has 0 atom stereocenters. The van der Waals surface area contributed by atoms with Crippen molar-refractivity contribution in [2.24, 2.45) is 5.10 Å². The number of nitrogens with zero attached hydrogens (tertiary/aromatic N) is 2. The Morgan fingerprint density at radius 1 is 1.00 bits per heavy atom. The average Bonchev–Trinajstić information content (AvgIpc) is 2.78. The van der Waals surface area contributed by atoms with Crippen molar-refractivity contribution in [3.8, 4) is 16.9 Å². The molecule has 0 fully saturated rings. The van der Waals surface area contributed by atoms with Crippen LogP contribution in [-0.4, -0.2) is 23.7 Å². The zero-order chi connectivity index (χ0) is 21.2. The number of hydrogen-bond donors (Lipinski definition) is 1. The summed E-state index contributed by atoms with van der Waals surface area (Å²) in [6, 6.07) is 23.6. The Labute approximate surface area is 173 Å². The molecule has 3 aromatic rings. The Hall–Kier alpha value is -4.26. The monoisotopic (exact) mass is 401 g/mol. The van der Waals surface area contributed by atoms with Crippen molar-refractivity contribution in [1.29, 1.82) is 0 Å². The number of non-ortho nitro benzene ring substituents is 1. The molecule has 0 aliphatic heterocycles. The largest absolute Gasteiger partial charge is 0.484 e. The van der Waals surface area contributed by atoms with E-state index in [1.807, 2.05) is 42.5 Å². The molecule has 0 aromatic heterocycles. The lowest BCUT2D eigenvalue weighted by molar-refractivity contribution is -0.384. The van der Waals surface area contributed by atoms with Gasteiger partial charge in [-0.1, -0.05) is 60.7 Å². The molecule has 1 N–H and O–H groups in total. The first-order chi connectivity index (χ1) is 14.6. The summed E-state index contributed by atoms with van der Waals surface area (Å²) in [4.78, 5) is 22.1. The maximum absolute atomic E-state index is 11.8. The van der Waals surface area contributed by atoms with E-state index in [1.165, 1.54) is 18.3 Å². The van der Waals surface area contributed by atoms with Crippen LogP contribution in [0.1, 0.15) is 5.56 Å². The number of rotatable bonds is 8. The van der Waals surface area contributed by atoms with E-state index < -0.39 is 10.8 Å². The molecule has 1 amide bonds. The Morgan fingerprint density at radius 2 is 1.73 bits per heavy atom. The minimum Gasteiger partial charge on any atom is -0.484 e. The predicted octanol–water partition coefficient (Wildman–Crippen LogP) is 4.46. The van der Waals surface area contributed by atoms with E-state index in [0.717, 1.165) is 11.1 Å². The van der Waals surface area contributed by atoms with Gasteiger partial charge < -0.3 is 4.74 Å². The number of ether oxygens (including phenoxy) is 1. The number of amides is 1. The molecule has 0 aliphatic carbocycles. The molecule has 0 heterocycles. The molecule has 0 saturated carbocycles. The first kappa shape index (κ1) is 20.5. The molecule has 0 spiro atoms. The molecular formula is C23H19N3O4. The van der Waals surface area contributed by atoms with Crippen molar-refractivity contribution in [3.63, 3.8) is 0 Å². The van der Waals surface area contributed by atoms with Gasteiger partial charge in [-0.15, -0.1) is 0 Å². The number of nitrogens with one attached hydrogen (secondary N) is 1. The lowest BCUT2D eigenvalue weighted by Crippen LogP contribution is -2.24. The number of allylic oxidation sites excluding steroid dienone is 1. The van der Waals surface area contributed by atoms with Crippen molar-refractivity contribution in [2.75, 3.05) is 6.61 Å². The molecule has 30 heavy (non-hydrogen) atoms. The maximum Gasteiger partial charge on any atom is 0.277 e. The highest BCUT2D eigenvalue weighted by molar-refractivity contribution is 5.82. The smallest absolute Gasteiger partial charge is 0.277 e. The van der Waals surface area contributed by atoms with Crippen LogP contribution >= 0.6 is 0 Å². The molecule has 0 unspecified atom stereocenters. The van der Waals surface area contributed by atoms with Gasteiger partial charge in [0.25, 0.3) is 11.6 Å². The number of carbonyl (C=O) groups is 1. The Kier molecular flexibility index (Phi) is 7.05. The van der Waals surface area contributed by atoms with E-state index >= 15 is 0 Å². The molecule has 0 saturated heterocycles. The van der Waals surface area contributed by atoms with Crippen molar-refractivity contribution >= 4 is 23.9 Å². The highest BCUT2D eigenvalue weighted by Gasteiger charge is 2.04. The second-order valence-corrected chi connectivity index (χ2v) is 6.20. The van der Waals surface area contributed by atoms with E-state index in [9.17, 15) is 14.9 Å². The van der Waals surface area contributed by atoms with Gasteiger partial charge in [0.1, 0.15) is 5.75 Å². The average molecular weight is 401 g/mol. The lowest BCUT2D eigenvalue weighted by Gasteiger charge is -2.06. The topological polar surface area (TPSA) is 93.8 Å². The predicted molar refractivity (Wildman–Crippen MR) is 116 cm³/mol. The number of nitro groups is 1. The van der Waals surface area contributed by atoms with Crippen LogP contribution < -0.4 is 10.2 Å². The zero-order valence-corrected chi connectivity index (χ0v) is 16.0. The third-order valence-electron chi connectivity index (χ3n) is 4.05. The molecule has 0 radical (unpaired) electrons. The lowest BCUT2D eigenvalue weighted by atomic mass is 10.1. The van der Waals surface area contributed by atoms with Crippen LogP contribution in [-0.2, 0) is 4.79 Å². The first-order valence-electron chi connectivity index (χ1n) is 9.13. The summed E-state index contributed by atoms with van der Waals surface area (Å²) >= 11 is 0. The first-order valence-corrected chi connectivity index (χ1v) is 9.13. The Balaban J connectivity index is 1.43. The van der Waals surface area contributed by atoms with Gasteiger partial charge in [0.05, 0.1) is 4.92 Å². The summed E-state index contributed by atoms with van der Waals surface area (Å²) in [6.07, 6.45) is 4.60. The quantitative estimate of drug-likeness (QED) is 0.343. The fraction of sp³-hybridized carbons (Fsp3) is 0.0435. The highest BCUT2D eigenvalue weighted by atomic mass is 16.6. The summed E-state index contributed by atoms with van der Waals surface area (Å²) in [6.45, 7) is -0.170. The fourth-order valence-corrected chi connectivity index (χ4v) is 2.60. The number of carbonyl (C=O) groups excluding carboxylic acids is 1. The highest BCUT2D eigenvalue weighted by Crippen LogP contribution is 2.22. The van der Waals surface area contributed by atoms with Crippen LogP contribution in [0, 0.1) is 10.1 Å². The SMILES string of the molecule is O=C(COc1ccc(-c2ccccc2)cc1)NN=CC=Cc1cccc([N+](=O)[O-])c1. The van der Waals surface area contributed by atoms with E-state index in [2.05, 4.69) is 10.5 Å². The van der Waals surface area contributed by atoms with Gasteiger partial charge in [0, 0.05) is 18.3 Å². The van der Waals surface area contributed by atoms with Crippen LogP contribution in [0.25, 0.3) is 17.2 Å². The van der Waals surface area contributed by atoms with Gasteiger partial charge in [-0.3, -0.25) is 14.9 Å². The summed E-state index contributed by atoms with van der Waals surface area (Å²) in [5, 5.41) is 14.5. The van der Waals surface area contributed by atoms with Crippen LogP contribution in [0.2, 0.25) is 0 Å². The Morgan fingerprint density at radius 3 is 2.47 bits per heavy atom. The standard InChI is InChI=1S/C23H19N3O4/c27-23(25-24-15-5-7-18-6-4-10-21(16-18)26(28)29)17-30-22-13-11-20(12-14-22)19-8-2-1-3-9-19/h1-16H,17H2,(H,25,27). The second-order valence-electron chi connectivity index (χ2n) is 6.20. The summed E-state index contributed by atoms with van der Waals surface area (Å²) in [7, 11) is 0. The third kappa shape index (κ3) is 6.13. The normalized spacial score (nSPS) is 10.9. The summed E-state index contributed by atoms with van der Waals surface area (Å²) in [5.41, 5.74) is 5.19. The van der Waals surface area contributed by atoms with Gasteiger partial charge in [0.2, 0.25) is 0 Å². The number of nitro benzene ring substituents is 1. The maximum atomic E-state index is 11.8. The molecule has 0 aliphatic rings. The second kappa shape index (κ2) is 10.3. The van der Waals surface area contributed by atoms with E-state index in [4.69, 9.17) is 4.74 Å². The van der Waals surface area contributed by atoms with E-state index in [0.29, 0.717) is 11.3 Å². The number of benzene rings is 3. The van der Waals surface area contributed by atoms with Gasteiger partial charge in [0.15, 0.2) is 6.61 Å². The minimum atomic E-state index is -0.457. The number of hydrazone groups is 1. The van der Waals surface area contributed by atoms with Crippen LogP contribution in [0.4, 0.5) is 5.69 Å². The Bertz CT molecular complexity index is 1060. The zero-order valence-electron chi connectivity index (χ0n) is 16.0. The molecule has 150 valence electrons. The van der Waals surface area contributed by atoms with Crippen molar-refractivity contribution in [3.05, 3.63) is 101 Å². The summed E-state index contributed by atoms with van der Waals surface area (Å²) < 4.78 is 5.45. The van der Waals surface area contributed by atoms with Crippen LogP contribution in [0.3, 0.4) is 0 Å². The van der Waals surface area contributed by atoms with Gasteiger partial charge in [-0.2, -0.15) is 5.10 Å². The molecule has 7 nitrogen and oxygen atoms in total. The van der Waals surface area contributed by atoms with Crippen LogP contribution in [0.5, 0.6) is 5.75 Å². The van der Waals surface area contributed by atoms with Gasteiger partial charge in [-0.05, 0) is 34.9 Å². The van der Waals surface area contributed by atoms with Gasteiger partial charge in [-0.25, -0.2) is 5.43 Å². The van der Waals surface area contributed by atoms with Crippen molar-refractivity contribution in [2.45, 2.75) is 0 Å². The van der Waals surface area contributed by atoms with E-state index in [-0.39, 0.29) is 12.3 Å². The molecule has 0 bridgehead atoms. The minimum absolute atomic E-state index is 0.0105. The summed E-state index contributed by atoms with van der Waals surface area (Å²) in [5.74, 6) is 0.182. The molecule has 3 rings (SSSR count). The number of hydrogen-bond acceptors (Lipinski definition) is 5. The molecule has 3 aromatic carbocycles. The molecular weight excluding hydrogens is 382 g/mol. The fourth-order valence-electron chi connectivity index (χ4n) is 2.60. The van der Waals surface area contributed by atoms with Crippen molar-refractivity contribution in [1.82, 2.24) is 5.43 Å². The third-order valence-corrected chi connectivity index (χ3v) is 4.05. The van der Waals surface area contributed by atoms with Crippen LogP contribution in [0.15, 0.2) is 90.0 Å². The van der Waals surface area contributed by atoms with Gasteiger partial charge >= 0.3 is 0 Å². The van der Waals surface area contributed by atoms with Crippen molar-refractivity contribution < 1.29 is 14.5 Å².